The largest absolute Gasteiger partial charge is 0.487 e. The third-order valence-corrected chi connectivity index (χ3v) is 8.56. The van der Waals surface area contributed by atoms with Gasteiger partial charge >= 0.3 is 5.97 Å². The molecule has 6 nitrogen and oxygen atoms in total. The molecule has 0 N–H and O–H groups in total. The number of hydrogen-bond donors (Lipinski definition) is 0. The molecule has 3 aliphatic rings. The second kappa shape index (κ2) is 7.34. The van der Waals surface area contributed by atoms with Crippen LogP contribution in [0.5, 0.6) is 5.75 Å². The number of benzene rings is 1. The summed E-state index contributed by atoms with van der Waals surface area (Å²) < 4.78 is 21.4. The molecule has 2 aliphatic heterocycles. The third kappa shape index (κ3) is 3.07. The highest BCUT2D eigenvalue weighted by Gasteiger charge is 2.64. The molecule has 1 aromatic heterocycles. The molecular weight excluding hydrogens is 460 g/mol. The molecule has 5 rings (SSSR count). The Labute approximate surface area is 191 Å². The molecule has 1 aromatic carbocycles. The zero-order valence-electron chi connectivity index (χ0n) is 18.4. The van der Waals surface area contributed by atoms with Crippen molar-refractivity contribution in [3.63, 3.8) is 0 Å². The van der Waals surface area contributed by atoms with Crippen LogP contribution in [0.2, 0.25) is 0 Å². The van der Waals surface area contributed by atoms with Crippen LogP contribution in [0.1, 0.15) is 56.3 Å². The number of rotatable bonds is 4. The Hall–Kier alpha value is -1.86. The van der Waals surface area contributed by atoms with Gasteiger partial charge in [0.15, 0.2) is 5.69 Å². The molecule has 7 heteroatoms. The number of fused-ring (bicyclic) bond motifs is 3. The summed E-state index contributed by atoms with van der Waals surface area (Å²) in [7, 11) is 0. The highest BCUT2D eigenvalue weighted by molar-refractivity contribution is 9.10. The van der Waals surface area contributed by atoms with Gasteiger partial charge in [-0.25, -0.2) is 4.79 Å². The van der Waals surface area contributed by atoms with Crippen LogP contribution in [0.15, 0.2) is 34.9 Å². The van der Waals surface area contributed by atoms with Crippen molar-refractivity contribution in [2.45, 2.75) is 52.4 Å². The number of halogens is 1. The quantitative estimate of drug-likeness (QED) is 0.565. The number of para-hydroxylation sites is 1. The summed E-state index contributed by atoms with van der Waals surface area (Å²) in [4.78, 5) is 12.8. The van der Waals surface area contributed by atoms with Crippen molar-refractivity contribution in [3.8, 4) is 5.75 Å². The number of nitrogens with zero attached hydrogens (tertiary/aromatic N) is 2. The molecule has 1 saturated carbocycles. The van der Waals surface area contributed by atoms with E-state index in [1.807, 2.05) is 25.1 Å². The second-order valence-electron chi connectivity index (χ2n) is 9.59. The summed E-state index contributed by atoms with van der Waals surface area (Å²) in [6.45, 7) is 10.3. The van der Waals surface area contributed by atoms with Gasteiger partial charge in [-0.3, -0.25) is 4.68 Å². The Balaban J connectivity index is 1.42. The summed E-state index contributed by atoms with van der Waals surface area (Å²) in [5.41, 5.74) is 0.912. The van der Waals surface area contributed by atoms with Crippen molar-refractivity contribution in [2.75, 3.05) is 13.2 Å². The Bertz CT molecular complexity index is 1020. The van der Waals surface area contributed by atoms with E-state index >= 15 is 0 Å². The van der Waals surface area contributed by atoms with Gasteiger partial charge in [0.2, 0.25) is 0 Å². The number of carbonyl (C=O) groups is 1. The van der Waals surface area contributed by atoms with E-state index in [0.29, 0.717) is 29.9 Å². The lowest BCUT2D eigenvalue weighted by Gasteiger charge is -2.63. The maximum atomic E-state index is 12.8. The van der Waals surface area contributed by atoms with Gasteiger partial charge in [-0.05, 0) is 54.1 Å². The standard InChI is InChI=1S/C24H29BrN2O4/c1-5-27-11-17(25)20(26-27)22(28)30-13-24-12-29-21-16-8-6-7-9-18(16)31-23(4,10-14(24)2)19(21)15(24)3/h6-9,11,14-15,19,21H,5,10,12-13H2,1-4H3/t14-,15-,19-,21+,23+,24-/m0/s1. The molecule has 0 spiro atoms. The maximum Gasteiger partial charge on any atom is 0.360 e. The van der Waals surface area contributed by atoms with Gasteiger partial charge in [0.25, 0.3) is 0 Å². The monoisotopic (exact) mass is 488 g/mol. The first kappa shape index (κ1) is 21.0. The molecule has 2 bridgehead atoms. The van der Waals surface area contributed by atoms with E-state index in [-0.39, 0.29) is 34.9 Å². The molecule has 2 fully saturated rings. The lowest BCUT2D eigenvalue weighted by atomic mass is 9.50. The molecular formula is C24H29BrN2O4. The number of ether oxygens (including phenoxy) is 3. The van der Waals surface area contributed by atoms with Gasteiger partial charge in [-0.1, -0.05) is 32.0 Å². The van der Waals surface area contributed by atoms with Crippen LogP contribution in [0, 0.1) is 23.2 Å². The Morgan fingerprint density at radius 1 is 1.35 bits per heavy atom. The third-order valence-electron chi connectivity index (χ3n) is 7.98. The molecule has 166 valence electrons. The molecule has 0 amide bonds. The molecule has 1 saturated heterocycles. The van der Waals surface area contributed by atoms with E-state index in [2.05, 4.69) is 47.9 Å². The fraction of sp³-hybridized carbons (Fsp3) is 0.583. The van der Waals surface area contributed by atoms with E-state index in [1.54, 1.807) is 10.9 Å². The molecule has 6 atom stereocenters. The number of esters is 1. The van der Waals surface area contributed by atoms with E-state index in [9.17, 15) is 4.79 Å². The lowest BCUT2D eigenvalue weighted by molar-refractivity contribution is -0.259. The van der Waals surface area contributed by atoms with Crippen molar-refractivity contribution in [1.29, 1.82) is 0 Å². The van der Waals surface area contributed by atoms with Gasteiger partial charge in [0.1, 0.15) is 18.0 Å². The van der Waals surface area contributed by atoms with E-state index in [0.717, 1.165) is 17.7 Å². The second-order valence-corrected chi connectivity index (χ2v) is 10.4. The molecule has 31 heavy (non-hydrogen) atoms. The first-order valence-corrected chi connectivity index (χ1v) is 11.9. The Morgan fingerprint density at radius 3 is 2.87 bits per heavy atom. The molecule has 0 unspecified atom stereocenters. The summed E-state index contributed by atoms with van der Waals surface area (Å²) >= 11 is 3.43. The van der Waals surface area contributed by atoms with Crippen LogP contribution < -0.4 is 4.74 Å². The zero-order chi connectivity index (χ0) is 22.0. The fourth-order valence-electron chi connectivity index (χ4n) is 6.22. The topological polar surface area (TPSA) is 62.6 Å². The number of aryl methyl sites for hydroxylation is 1. The van der Waals surface area contributed by atoms with Crippen molar-refractivity contribution in [2.24, 2.45) is 23.2 Å². The normalized spacial score (nSPS) is 35.8. The van der Waals surface area contributed by atoms with E-state index in [4.69, 9.17) is 14.2 Å². The van der Waals surface area contributed by atoms with Crippen LogP contribution >= 0.6 is 15.9 Å². The summed E-state index contributed by atoms with van der Waals surface area (Å²) in [6.07, 6.45) is 2.72. The SMILES string of the molecule is CCn1cc(Br)c(C(=O)OC[C@@]23CO[C@@H]4c5ccccc5O[C@](C)(C[C@@H]2C)[C@H]4[C@@H]3C)n1. The molecule has 2 aromatic rings. The van der Waals surface area contributed by atoms with Gasteiger partial charge < -0.3 is 14.2 Å². The fourth-order valence-corrected chi connectivity index (χ4v) is 6.70. The highest BCUT2D eigenvalue weighted by Crippen LogP contribution is 2.63. The van der Waals surface area contributed by atoms with Gasteiger partial charge in [0, 0.05) is 29.6 Å². The van der Waals surface area contributed by atoms with Gasteiger partial charge in [0.05, 0.1) is 17.2 Å². The lowest BCUT2D eigenvalue weighted by Crippen LogP contribution is -2.66. The predicted octanol–water partition coefficient (Wildman–Crippen LogP) is 5.02. The average molecular weight is 489 g/mol. The van der Waals surface area contributed by atoms with Crippen molar-refractivity contribution < 1.29 is 19.0 Å². The Morgan fingerprint density at radius 2 is 2.13 bits per heavy atom. The van der Waals surface area contributed by atoms with Crippen LogP contribution in [0.25, 0.3) is 0 Å². The van der Waals surface area contributed by atoms with E-state index in [1.165, 1.54) is 0 Å². The van der Waals surface area contributed by atoms with Crippen LogP contribution in [0.3, 0.4) is 0 Å². The van der Waals surface area contributed by atoms with Crippen LogP contribution in [-0.2, 0) is 16.0 Å². The van der Waals surface area contributed by atoms with Crippen molar-refractivity contribution in [1.82, 2.24) is 9.78 Å². The van der Waals surface area contributed by atoms with Crippen LogP contribution in [-0.4, -0.2) is 34.6 Å². The van der Waals surface area contributed by atoms with Gasteiger partial charge in [-0.15, -0.1) is 0 Å². The first-order valence-electron chi connectivity index (χ1n) is 11.1. The average Bonchev–Trinajstić information content (AvgIpc) is 3.12. The summed E-state index contributed by atoms with van der Waals surface area (Å²) in [5.74, 6) is 1.30. The predicted molar refractivity (Wildman–Crippen MR) is 119 cm³/mol. The molecule has 3 heterocycles. The summed E-state index contributed by atoms with van der Waals surface area (Å²) in [6, 6.07) is 8.21. The minimum Gasteiger partial charge on any atom is -0.487 e. The van der Waals surface area contributed by atoms with Crippen LogP contribution in [0.4, 0.5) is 0 Å². The minimum atomic E-state index is -0.395. The highest BCUT2D eigenvalue weighted by atomic mass is 79.9. The zero-order valence-corrected chi connectivity index (χ0v) is 20.0. The summed E-state index contributed by atoms with van der Waals surface area (Å²) in [5, 5.41) is 4.33. The number of aromatic nitrogens is 2. The Kier molecular flexibility index (Phi) is 4.97. The molecule has 1 aliphatic carbocycles. The maximum absolute atomic E-state index is 12.8. The molecule has 0 radical (unpaired) electrons. The number of hydrogen-bond acceptors (Lipinski definition) is 5. The van der Waals surface area contributed by atoms with Crippen molar-refractivity contribution >= 4 is 21.9 Å². The number of carbonyl (C=O) groups excluding carboxylic acids is 1. The minimum absolute atomic E-state index is 0.00988. The smallest absolute Gasteiger partial charge is 0.360 e. The van der Waals surface area contributed by atoms with Crippen molar-refractivity contribution in [3.05, 3.63) is 46.2 Å². The van der Waals surface area contributed by atoms with Gasteiger partial charge in [-0.2, -0.15) is 5.10 Å². The first-order chi connectivity index (χ1) is 14.8. The van der Waals surface area contributed by atoms with E-state index < -0.39 is 5.97 Å².